The Hall–Kier alpha value is -1.18. The molecule has 0 N–H and O–H groups in total. The van der Waals surface area contributed by atoms with Gasteiger partial charge in [-0.25, -0.2) is 0 Å². The van der Waals surface area contributed by atoms with Crippen LogP contribution in [0.15, 0.2) is 12.3 Å². The lowest BCUT2D eigenvalue weighted by Crippen LogP contribution is -1.92. The van der Waals surface area contributed by atoms with Crippen LogP contribution in [0.1, 0.15) is 24.0 Å². The van der Waals surface area contributed by atoms with E-state index in [0.29, 0.717) is 0 Å². The Morgan fingerprint density at radius 2 is 2.00 bits per heavy atom. The third kappa shape index (κ3) is 1.87. The third-order valence-electron chi connectivity index (χ3n) is 1.55. The van der Waals surface area contributed by atoms with Crippen molar-refractivity contribution in [1.82, 2.24) is 9.97 Å². The Morgan fingerprint density at radius 3 is 2.55 bits per heavy atom. The molecule has 11 heavy (non-hydrogen) atoms. The highest BCUT2D eigenvalue weighted by Gasteiger charge is 1.94. The number of hydrogen-bond acceptors (Lipinski definition) is 2. The maximum atomic E-state index is 4.31. The van der Waals surface area contributed by atoms with E-state index in [4.69, 9.17) is 0 Å². The van der Waals surface area contributed by atoms with Crippen LogP contribution in [0.4, 0.5) is 0 Å². The van der Waals surface area contributed by atoms with Gasteiger partial charge in [0.15, 0.2) is 0 Å². The van der Waals surface area contributed by atoms with E-state index in [9.17, 15) is 0 Å². The van der Waals surface area contributed by atoms with Crippen molar-refractivity contribution >= 4 is 6.08 Å². The van der Waals surface area contributed by atoms with Gasteiger partial charge in [0, 0.05) is 0 Å². The lowest BCUT2D eigenvalue weighted by Gasteiger charge is -1.97. The van der Waals surface area contributed by atoms with Crippen LogP contribution < -0.4 is 0 Å². The first-order valence-electron chi connectivity index (χ1n) is 3.67. The van der Waals surface area contributed by atoms with Gasteiger partial charge in [-0.15, -0.1) is 0 Å². The van der Waals surface area contributed by atoms with Crippen LogP contribution >= 0.6 is 0 Å². The van der Waals surface area contributed by atoms with E-state index in [1.807, 2.05) is 32.9 Å². The van der Waals surface area contributed by atoms with Crippen molar-refractivity contribution < 1.29 is 0 Å². The van der Waals surface area contributed by atoms with Gasteiger partial charge in [0.1, 0.15) is 0 Å². The number of aryl methyl sites for hydroxylation is 2. The molecule has 0 aromatic carbocycles. The SMILES string of the molecule is C/C=C\c1cnc(C)c(C)n1. The molecule has 0 radical (unpaired) electrons. The second-order valence-corrected chi connectivity index (χ2v) is 2.47. The molecule has 0 spiro atoms. The van der Waals surface area contributed by atoms with Crippen LogP contribution in [0, 0.1) is 13.8 Å². The van der Waals surface area contributed by atoms with Gasteiger partial charge in [-0.05, 0) is 26.8 Å². The Kier molecular flexibility index (Phi) is 2.36. The minimum absolute atomic E-state index is 0.926. The molecule has 0 fully saturated rings. The first-order chi connectivity index (χ1) is 5.24. The minimum Gasteiger partial charge on any atom is -0.257 e. The average molecular weight is 148 g/mol. The molecule has 58 valence electrons. The van der Waals surface area contributed by atoms with Crippen LogP contribution in [0.25, 0.3) is 6.08 Å². The van der Waals surface area contributed by atoms with Crippen LogP contribution in [0.2, 0.25) is 0 Å². The van der Waals surface area contributed by atoms with E-state index in [0.717, 1.165) is 17.1 Å². The molecule has 0 amide bonds. The molecule has 0 aliphatic rings. The Balaban J connectivity index is 3.05. The monoisotopic (exact) mass is 148 g/mol. The molecule has 1 heterocycles. The number of nitrogens with zero attached hydrogens (tertiary/aromatic N) is 2. The molecule has 0 saturated carbocycles. The van der Waals surface area contributed by atoms with E-state index < -0.39 is 0 Å². The van der Waals surface area contributed by atoms with E-state index in [1.54, 1.807) is 6.20 Å². The van der Waals surface area contributed by atoms with Gasteiger partial charge in [-0.3, -0.25) is 9.97 Å². The summed E-state index contributed by atoms with van der Waals surface area (Å²) in [5.41, 5.74) is 2.93. The number of rotatable bonds is 1. The molecule has 0 saturated heterocycles. The zero-order chi connectivity index (χ0) is 8.27. The summed E-state index contributed by atoms with van der Waals surface area (Å²) in [5.74, 6) is 0. The summed E-state index contributed by atoms with van der Waals surface area (Å²) >= 11 is 0. The summed E-state index contributed by atoms with van der Waals surface area (Å²) in [6.07, 6.45) is 5.68. The summed E-state index contributed by atoms with van der Waals surface area (Å²) < 4.78 is 0. The van der Waals surface area contributed by atoms with Crippen molar-refractivity contribution in [3.8, 4) is 0 Å². The van der Waals surface area contributed by atoms with Gasteiger partial charge in [0.2, 0.25) is 0 Å². The molecule has 0 aliphatic heterocycles. The molecule has 2 heteroatoms. The first kappa shape index (κ1) is 7.92. The smallest absolute Gasteiger partial charge is 0.0813 e. The average Bonchev–Trinajstić information content (AvgIpc) is 1.98. The second kappa shape index (κ2) is 3.28. The van der Waals surface area contributed by atoms with Gasteiger partial charge >= 0.3 is 0 Å². The predicted molar refractivity (Wildman–Crippen MR) is 46.2 cm³/mol. The molecule has 1 rings (SSSR count). The van der Waals surface area contributed by atoms with E-state index in [-0.39, 0.29) is 0 Å². The molecule has 1 aromatic rings. The summed E-state index contributed by atoms with van der Waals surface area (Å²) in [5, 5.41) is 0. The van der Waals surface area contributed by atoms with Crippen LogP contribution in [-0.2, 0) is 0 Å². The maximum absolute atomic E-state index is 4.31. The normalized spacial score (nSPS) is 10.8. The molecule has 0 aliphatic carbocycles. The van der Waals surface area contributed by atoms with Gasteiger partial charge in [0.05, 0.1) is 23.3 Å². The van der Waals surface area contributed by atoms with E-state index >= 15 is 0 Å². The Morgan fingerprint density at radius 1 is 1.27 bits per heavy atom. The van der Waals surface area contributed by atoms with E-state index in [2.05, 4.69) is 9.97 Å². The van der Waals surface area contributed by atoms with Gasteiger partial charge < -0.3 is 0 Å². The van der Waals surface area contributed by atoms with Crippen molar-refractivity contribution in [2.45, 2.75) is 20.8 Å². The van der Waals surface area contributed by atoms with Gasteiger partial charge in [-0.2, -0.15) is 0 Å². The summed E-state index contributed by atoms with van der Waals surface area (Å²) in [6.45, 7) is 5.90. The topological polar surface area (TPSA) is 25.8 Å². The first-order valence-corrected chi connectivity index (χ1v) is 3.67. The minimum atomic E-state index is 0.926. The fourth-order valence-corrected chi connectivity index (χ4v) is 0.811. The number of allylic oxidation sites excluding steroid dienone is 1. The molecule has 0 unspecified atom stereocenters. The molecule has 1 aromatic heterocycles. The van der Waals surface area contributed by atoms with Crippen LogP contribution in [0.3, 0.4) is 0 Å². The fraction of sp³-hybridized carbons (Fsp3) is 0.333. The predicted octanol–water partition coefficient (Wildman–Crippen LogP) is 2.13. The Bertz CT molecular complexity index is 277. The van der Waals surface area contributed by atoms with Crippen molar-refractivity contribution in [3.63, 3.8) is 0 Å². The quantitative estimate of drug-likeness (QED) is 0.609. The number of aromatic nitrogens is 2. The highest BCUT2D eigenvalue weighted by atomic mass is 14.8. The zero-order valence-electron chi connectivity index (χ0n) is 7.13. The van der Waals surface area contributed by atoms with Crippen LogP contribution in [-0.4, -0.2) is 9.97 Å². The van der Waals surface area contributed by atoms with Crippen molar-refractivity contribution in [3.05, 3.63) is 29.4 Å². The molecule has 2 nitrogen and oxygen atoms in total. The third-order valence-corrected chi connectivity index (χ3v) is 1.55. The standard InChI is InChI=1S/C9H12N2/c1-4-5-9-6-10-7(2)8(3)11-9/h4-6H,1-3H3/b5-4-. The van der Waals surface area contributed by atoms with Crippen molar-refractivity contribution in [2.24, 2.45) is 0 Å². The number of hydrogen-bond donors (Lipinski definition) is 0. The van der Waals surface area contributed by atoms with Gasteiger partial charge in [-0.1, -0.05) is 6.08 Å². The summed E-state index contributed by atoms with van der Waals surface area (Å²) in [7, 11) is 0. The van der Waals surface area contributed by atoms with Crippen molar-refractivity contribution in [1.29, 1.82) is 0 Å². The highest BCUT2D eigenvalue weighted by molar-refractivity contribution is 5.42. The molecular formula is C9H12N2. The van der Waals surface area contributed by atoms with Gasteiger partial charge in [0.25, 0.3) is 0 Å². The van der Waals surface area contributed by atoms with Crippen LogP contribution in [0.5, 0.6) is 0 Å². The van der Waals surface area contributed by atoms with Crippen molar-refractivity contribution in [2.75, 3.05) is 0 Å². The highest BCUT2D eigenvalue weighted by Crippen LogP contribution is 2.01. The zero-order valence-corrected chi connectivity index (χ0v) is 7.13. The molecule has 0 atom stereocenters. The summed E-state index contributed by atoms with van der Waals surface area (Å²) in [4.78, 5) is 8.50. The lowest BCUT2D eigenvalue weighted by atomic mass is 10.3. The van der Waals surface area contributed by atoms with E-state index in [1.165, 1.54) is 0 Å². The molecular weight excluding hydrogens is 136 g/mol. The Labute approximate surface area is 67.0 Å². The fourth-order valence-electron chi connectivity index (χ4n) is 0.811. The second-order valence-electron chi connectivity index (χ2n) is 2.47. The maximum Gasteiger partial charge on any atom is 0.0813 e. The molecule has 0 bridgehead atoms. The lowest BCUT2D eigenvalue weighted by molar-refractivity contribution is 1.03. The summed E-state index contributed by atoms with van der Waals surface area (Å²) in [6, 6.07) is 0. The largest absolute Gasteiger partial charge is 0.257 e.